The smallest absolute Gasteiger partial charge is 0.472 e. The topological polar surface area (TPSA) is 340 Å². The van der Waals surface area contributed by atoms with Gasteiger partial charge >= 0.3 is 23.5 Å². The first-order valence-electron chi connectivity index (χ1n) is 32.4. The molecule has 0 saturated carbocycles. The molecule has 104 heavy (non-hydrogen) atoms. The fourth-order valence-corrected chi connectivity index (χ4v) is 17.8. The van der Waals surface area contributed by atoms with Gasteiger partial charge in [0.25, 0.3) is 15.6 Å². The van der Waals surface area contributed by atoms with Crippen LogP contribution in [0.25, 0.3) is 0 Å². The summed E-state index contributed by atoms with van der Waals surface area (Å²) in [4.78, 5) is 50.9. The van der Waals surface area contributed by atoms with Crippen molar-refractivity contribution in [3.05, 3.63) is 246 Å². The molecular weight excluding hydrogens is 1660 g/mol. The SMILES string of the molecule is CC1(C)COP(=O)(O)OC1c1ccccc1Cl.CC1(C)COP(=O)(O)O[C@@H]1c1ccccc1Cl.CC1(C)COP(=O)(O)O[C@H]1c1ccccc1Cl.CC1(C)COP(=O)([O-])O[C@@H]1c1ccccc1Cl.CC1(C)COP(=O)([O-])O[C@H]1c1ccccc1Cl.C[C@@H]([NH3+])c1ccccc1.C[C@H]([NH3+])c1ccccc1.I. The lowest BCUT2D eigenvalue weighted by Gasteiger charge is -2.43. The Labute approximate surface area is 652 Å². The van der Waals surface area contributed by atoms with Gasteiger partial charge in [-0.2, -0.15) is 0 Å². The van der Waals surface area contributed by atoms with Gasteiger partial charge in [-0.1, -0.05) is 279 Å². The van der Waals surface area contributed by atoms with Crippen LogP contribution in [0.5, 0.6) is 0 Å². The highest BCUT2D eigenvalue weighted by Crippen LogP contribution is 2.62. The van der Waals surface area contributed by atoms with E-state index >= 15 is 0 Å². The van der Waals surface area contributed by atoms with E-state index in [9.17, 15) is 47.3 Å². The first-order chi connectivity index (χ1) is 47.7. The molecule has 0 radical (unpaired) electrons. The number of quaternary nitrogens is 2. The molecule has 33 heteroatoms. The molecule has 12 rings (SSSR count). The first-order valence-corrected chi connectivity index (χ1v) is 41.7. The van der Waals surface area contributed by atoms with Gasteiger partial charge in [-0.25, -0.2) is 13.7 Å². The van der Waals surface area contributed by atoms with Crippen LogP contribution in [-0.2, 0) is 68.1 Å². The van der Waals surface area contributed by atoms with Crippen LogP contribution in [0.3, 0.4) is 0 Å². The first kappa shape index (κ1) is 91.8. The Morgan fingerprint density at radius 1 is 0.337 bits per heavy atom. The van der Waals surface area contributed by atoms with Crippen LogP contribution in [0.1, 0.15) is 165 Å². The Hall–Kier alpha value is -2.81. The highest BCUT2D eigenvalue weighted by molar-refractivity contribution is 14.0. The Kier molecular flexibility index (Phi) is 34.3. The fraction of sp³-hybridized carbons (Fsp3) is 0.408. The van der Waals surface area contributed by atoms with Crippen molar-refractivity contribution in [2.24, 2.45) is 27.1 Å². The van der Waals surface area contributed by atoms with Crippen LogP contribution in [0.15, 0.2) is 182 Å². The second-order valence-electron chi connectivity index (χ2n) is 28.3. The van der Waals surface area contributed by atoms with Crippen molar-refractivity contribution in [1.82, 2.24) is 0 Å². The zero-order valence-electron chi connectivity index (χ0n) is 59.6. The zero-order valence-corrected chi connectivity index (χ0v) is 70.2. The van der Waals surface area contributed by atoms with Crippen LogP contribution in [0.4, 0.5) is 0 Å². The van der Waals surface area contributed by atoms with E-state index in [2.05, 4.69) is 49.6 Å². The Morgan fingerprint density at radius 2 is 0.510 bits per heavy atom. The Bertz CT molecular complexity index is 3620. The summed E-state index contributed by atoms with van der Waals surface area (Å²) < 4.78 is 107. The minimum atomic E-state index is -4.22. The van der Waals surface area contributed by atoms with Gasteiger partial charge in [-0.05, 0) is 44.2 Å². The van der Waals surface area contributed by atoms with Gasteiger partial charge in [0, 0.05) is 91.1 Å². The van der Waals surface area contributed by atoms with E-state index in [4.69, 9.17) is 103 Å². The van der Waals surface area contributed by atoms with E-state index in [0.29, 0.717) is 65.0 Å². The van der Waals surface area contributed by atoms with Gasteiger partial charge in [0.1, 0.15) is 30.4 Å². The summed E-state index contributed by atoms with van der Waals surface area (Å²) in [6, 6.07) is 56.9. The van der Waals surface area contributed by atoms with E-state index < -0.39 is 96.7 Å². The third kappa shape index (κ3) is 27.6. The van der Waals surface area contributed by atoms with Gasteiger partial charge < -0.3 is 54.0 Å². The van der Waals surface area contributed by atoms with Gasteiger partial charge in [0.15, 0.2) is 0 Å². The monoisotopic (exact) mass is 1750 g/mol. The lowest BCUT2D eigenvalue weighted by molar-refractivity contribution is -0.420. The van der Waals surface area contributed by atoms with Crippen molar-refractivity contribution < 1.29 is 104 Å². The molecule has 7 aromatic rings. The number of halogens is 6. The molecule has 0 aromatic heterocycles. The van der Waals surface area contributed by atoms with E-state index in [-0.39, 0.29) is 57.0 Å². The molecule has 0 bridgehead atoms. The second-order valence-corrected chi connectivity index (χ2v) is 37.2. The molecule has 22 nitrogen and oxygen atoms in total. The highest BCUT2D eigenvalue weighted by Gasteiger charge is 2.48. The van der Waals surface area contributed by atoms with Crippen LogP contribution < -0.4 is 21.3 Å². The van der Waals surface area contributed by atoms with Crippen molar-refractivity contribution in [2.75, 3.05) is 33.0 Å². The number of rotatable bonds is 7. The number of phosphoric ester groups is 5. The van der Waals surface area contributed by atoms with Crippen LogP contribution in [0.2, 0.25) is 25.1 Å². The Morgan fingerprint density at radius 3 is 0.692 bits per heavy atom. The standard InChI is InChI=1S/5C11H14ClO4P.2C8H11N.HI/c5*1-11(2)7-15-17(13,14)16-10(11)8-5-3-4-6-9(8)12;2*1-7(9)8-5-3-2-4-6-8;/h5*3-6,10H,7H2,1-2H3,(H,13,14);2*2-7H,9H2,1H3;1H/t4*10-;;2*7-;/m1100.10./s1. The average molecular weight is 1750 g/mol. The molecule has 12 atom stereocenters. The van der Waals surface area contributed by atoms with Crippen molar-refractivity contribution >= 4 is 121 Å². The lowest BCUT2D eigenvalue weighted by atomic mass is 9.83. The summed E-state index contributed by atoms with van der Waals surface area (Å²) in [6.07, 6.45) is -2.90. The summed E-state index contributed by atoms with van der Waals surface area (Å²) in [5.74, 6) is 0. The minimum absolute atomic E-state index is 0. The van der Waals surface area contributed by atoms with Gasteiger partial charge in [-0.15, -0.1) is 24.0 Å². The molecule has 6 unspecified atom stereocenters. The zero-order chi connectivity index (χ0) is 76.8. The van der Waals surface area contributed by atoms with Crippen LogP contribution in [-0.4, -0.2) is 47.7 Å². The maximum absolute atomic E-state index is 11.5. The van der Waals surface area contributed by atoms with Crippen LogP contribution in [0, 0.1) is 27.1 Å². The number of benzene rings is 7. The fourth-order valence-electron chi connectivity index (χ4n) is 10.5. The molecule has 0 spiro atoms. The summed E-state index contributed by atoms with van der Waals surface area (Å²) in [6.45, 7) is 23.7. The average Bonchev–Trinajstić information content (AvgIpc) is 0.808. The molecule has 5 heterocycles. The maximum atomic E-state index is 11.5. The second kappa shape index (κ2) is 38.9. The summed E-state index contributed by atoms with van der Waals surface area (Å²) >= 11 is 30.4. The number of phosphoric acid groups is 5. The van der Waals surface area contributed by atoms with Crippen molar-refractivity contribution in [2.45, 2.75) is 126 Å². The van der Waals surface area contributed by atoms with Gasteiger partial charge in [0.05, 0.1) is 45.2 Å². The highest BCUT2D eigenvalue weighted by atomic mass is 127. The molecule has 5 aliphatic rings. The number of hydrogen-bond donors (Lipinski definition) is 5. The summed E-state index contributed by atoms with van der Waals surface area (Å²) in [5.41, 5.74) is 11.7. The van der Waals surface area contributed by atoms with Crippen molar-refractivity contribution in [3.63, 3.8) is 0 Å². The van der Waals surface area contributed by atoms with E-state index in [0.717, 1.165) is 0 Å². The largest absolute Gasteiger partial charge is 0.756 e. The summed E-state index contributed by atoms with van der Waals surface area (Å²) in [7, 11) is -20.3. The third-order valence-electron chi connectivity index (χ3n) is 16.4. The molecular formula is C71H93Cl5IN2O20P5. The van der Waals surface area contributed by atoms with Crippen molar-refractivity contribution in [3.8, 4) is 0 Å². The molecule has 9 N–H and O–H groups in total. The number of hydrogen-bond acceptors (Lipinski definition) is 17. The summed E-state index contributed by atoms with van der Waals surface area (Å²) in [5, 5.41) is 2.55. The van der Waals surface area contributed by atoms with E-state index in [1.165, 1.54) is 11.1 Å². The van der Waals surface area contributed by atoms with Crippen molar-refractivity contribution in [1.29, 1.82) is 0 Å². The predicted octanol–water partition coefficient (Wildman–Crippen LogP) is 19.1. The van der Waals surface area contributed by atoms with E-state index in [1.54, 1.807) is 103 Å². The third-order valence-corrected chi connectivity index (χ3v) is 22.7. The maximum Gasteiger partial charge on any atom is 0.472 e. The predicted molar refractivity (Wildman–Crippen MR) is 411 cm³/mol. The lowest BCUT2D eigenvalue weighted by Crippen LogP contribution is -2.51. The molecule has 5 saturated heterocycles. The van der Waals surface area contributed by atoms with E-state index in [1.807, 2.05) is 124 Å². The molecule has 574 valence electrons. The van der Waals surface area contributed by atoms with Crippen LogP contribution >= 0.6 is 121 Å². The Balaban J connectivity index is 0.000000220. The quantitative estimate of drug-likeness (QED) is 0.0731. The minimum Gasteiger partial charge on any atom is -0.756 e. The molecule has 0 aliphatic carbocycles. The molecule has 7 aromatic carbocycles. The normalized spacial score (nSPS) is 28.7. The molecule has 0 amide bonds. The van der Waals surface area contributed by atoms with Gasteiger partial charge in [0.2, 0.25) is 0 Å². The molecule has 5 fully saturated rings. The molecule has 5 aliphatic heterocycles. The van der Waals surface area contributed by atoms with Gasteiger partial charge in [-0.3, -0.25) is 36.3 Å².